The Hall–Kier alpha value is -1.85. The van der Waals surface area contributed by atoms with Crippen molar-refractivity contribution in [2.75, 3.05) is 18.8 Å². The molecule has 0 unspecified atom stereocenters. The SMILES string of the molecule is Cc1ccc(OC2CCN(S(=O)(=O)CCCc3ccccc3)CC2)cc1. The Kier molecular flexibility index (Phi) is 6.33. The van der Waals surface area contributed by atoms with Crippen molar-refractivity contribution in [2.45, 2.75) is 38.7 Å². The van der Waals surface area contributed by atoms with Crippen LogP contribution in [0.1, 0.15) is 30.4 Å². The van der Waals surface area contributed by atoms with Crippen molar-refractivity contribution in [3.63, 3.8) is 0 Å². The van der Waals surface area contributed by atoms with Crippen LogP contribution >= 0.6 is 0 Å². The average molecular weight is 374 g/mol. The van der Waals surface area contributed by atoms with Crippen molar-refractivity contribution in [1.29, 1.82) is 0 Å². The molecule has 0 spiro atoms. The Morgan fingerprint density at radius 1 is 1.00 bits per heavy atom. The molecule has 0 aromatic heterocycles. The Bertz CT molecular complexity index is 780. The monoisotopic (exact) mass is 373 g/mol. The number of hydrogen-bond acceptors (Lipinski definition) is 3. The summed E-state index contributed by atoms with van der Waals surface area (Å²) >= 11 is 0. The largest absolute Gasteiger partial charge is 0.490 e. The third-order valence-electron chi connectivity index (χ3n) is 4.83. The Morgan fingerprint density at radius 3 is 2.31 bits per heavy atom. The minimum absolute atomic E-state index is 0.0912. The Labute approximate surface area is 156 Å². The number of benzene rings is 2. The summed E-state index contributed by atoms with van der Waals surface area (Å²) in [5.74, 6) is 1.07. The van der Waals surface area contributed by atoms with Gasteiger partial charge in [-0.05, 0) is 50.3 Å². The zero-order valence-corrected chi connectivity index (χ0v) is 16.1. The van der Waals surface area contributed by atoms with Crippen LogP contribution in [0.4, 0.5) is 0 Å². The van der Waals surface area contributed by atoms with Crippen LogP contribution < -0.4 is 4.74 Å². The second kappa shape index (κ2) is 8.69. The van der Waals surface area contributed by atoms with Gasteiger partial charge in [-0.15, -0.1) is 0 Å². The third kappa shape index (κ3) is 5.32. The zero-order valence-electron chi connectivity index (χ0n) is 15.3. The van der Waals surface area contributed by atoms with Crippen LogP contribution in [0.25, 0.3) is 0 Å². The quantitative estimate of drug-likeness (QED) is 0.742. The molecule has 140 valence electrons. The fourth-order valence-corrected chi connectivity index (χ4v) is 4.80. The summed E-state index contributed by atoms with van der Waals surface area (Å²) in [4.78, 5) is 0. The van der Waals surface area contributed by atoms with Gasteiger partial charge in [0.15, 0.2) is 0 Å². The maximum Gasteiger partial charge on any atom is 0.214 e. The molecule has 0 N–H and O–H groups in total. The molecule has 1 aliphatic rings. The molecule has 1 fully saturated rings. The van der Waals surface area contributed by atoms with Crippen molar-refractivity contribution in [1.82, 2.24) is 4.31 Å². The van der Waals surface area contributed by atoms with Crippen LogP contribution in [0.15, 0.2) is 54.6 Å². The lowest BCUT2D eigenvalue weighted by atomic mass is 10.1. The van der Waals surface area contributed by atoms with Crippen LogP contribution in [-0.4, -0.2) is 37.7 Å². The zero-order chi connectivity index (χ0) is 18.4. The molecule has 3 rings (SSSR count). The molecule has 26 heavy (non-hydrogen) atoms. The van der Waals surface area contributed by atoms with Crippen molar-refractivity contribution in [2.24, 2.45) is 0 Å². The molecule has 4 nitrogen and oxygen atoms in total. The number of rotatable bonds is 7. The molecule has 2 aromatic carbocycles. The van der Waals surface area contributed by atoms with E-state index in [-0.39, 0.29) is 11.9 Å². The van der Waals surface area contributed by atoms with Crippen molar-refractivity contribution >= 4 is 10.0 Å². The highest BCUT2D eigenvalue weighted by Gasteiger charge is 2.28. The van der Waals surface area contributed by atoms with Gasteiger partial charge < -0.3 is 4.74 Å². The fraction of sp³-hybridized carbons (Fsp3) is 0.429. The fourth-order valence-electron chi connectivity index (χ4n) is 3.27. The summed E-state index contributed by atoms with van der Waals surface area (Å²) < 4.78 is 32.7. The van der Waals surface area contributed by atoms with Gasteiger partial charge in [0, 0.05) is 13.1 Å². The van der Waals surface area contributed by atoms with Gasteiger partial charge >= 0.3 is 0 Å². The summed E-state index contributed by atoms with van der Waals surface area (Å²) in [6.07, 6.45) is 3.03. The summed E-state index contributed by atoms with van der Waals surface area (Å²) in [6, 6.07) is 18.0. The molecule has 0 radical (unpaired) electrons. The minimum Gasteiger partial charge on any atom is -0.490 e. The lowest BCUT2D eigenvalue weighted by molar-refractivity contribution is 0.135. The van der Waals surface area contributed by atoms with Crippen molar-refractivity contribution in [3.8, 4) is 5.75 Å². The van der Waals surface area contributed by atoms with E-state index >= 15 is 0 Å². The maximum absolute atomic E-state index is 12.6. The summed E-state index contributed by atoms with van der Waals surface area (Å²) in [5, 5.41) is 0. The molecule has 0 saturated carbocycles. The van der Waals surface area contributed by atoms with E-state index in [0.717, 1.165) is 25.0 Å². The minimum atomic E-state index is -3.18. The standard InChI is InChI=1S/C21H27NO3S/c1-18-9-11-20(12-10-18)25-21-13-15-22(16-14-21)26(23,24)17-5-8-19-6-3-2-4-7-19/h2-4,6-7,9-12,21H,5,8,13-17H2,1H3. The molecule has 0 aliphatic carbocycles. The maximum atomic E-state index is 12.6. The van der Waals surface area contributed by atoms with Crippen LogP contribution in [0.5, 0.6) is 5.75 Å². The molecular weight excluding hydrogens is 346 g/mol. The summed E-state index contributed by atoms with van der Waals surface area (Å²) in [6.45, 7) is 3.14. The molecule has 2 aromatic rings. The van der Waals surface area contributed by atoms with Gasteiger partial charge in [0.05, 0.1) is 5.75 Å². The van der Waals surface area contributed by atoms with E-state index in [1.165, 1.54) is 11.1 Å². The van der Waals surface area contributed by atoms with Gasteiger partial charge in [-0.2, -0.15) is 0 Å². The number of hydrogen-bond donors (Lipinski definition) is 0. The topological polar surface area (TPSA) is 46.6 Å². The third-order valence-corrected chi connectivity index (χ3v) is 6.79. The molecule has 5 heteroatoms. The van der Waals surface area contributed by atoms with Crippen molar-refractivity contribution in [3.05, 3.63) is 65.7 Å². The van der Waals surface area contributed by atoms with Crippen LogP contribution in [0.2, 0.25) is 0 Å². The first kappa shape index (κ1) is 18.9. The normalized spacial score (nSPS) is 16.5. The molecule has 0 bridgehead atoms. The van der Waals surface area contributed by atoms with E-state index in [0.29, 0.717) is 19.5 Å². The second-order valence-electron chi connectivity index (χ2n) is 6.93. The average Bonchev–Trinajstić information content (AvgIpc) is 2.65. The highest BCUT2D eigenvalue weighted by atomic mass is 32.2. The first-order valence-corrected chi connectivity index (χ1v) is 10.9. The second-order valence-corrected chi connectivity index (χ2v) is 9.02. The number of piperidine rings is 1. The summed E-state index contributed by atoms with van der Waals surface area (Å²) in [7, 11) is -3.18. The molecule has 1 aliphatic heterocycles. The highest BCUT2D eigenvalue weighted by Crippen LogP contribution is 2.21. The first-order chi connectivity index (χ1) is 12.5. The number of sulfonamides is 1. The van der Waals surface area contributed by atoms with Crippen molar-refractivity contribution < 1.29 is 13.2 Å². The number of nitrogens with zero attached hydrogens (tertiary/aromatic N) is 1. The lowest BCUT2D eigenvalue weighted by Gasteiger charge is -2.31. The van der Waals surface area contributed by atoms with E-state index in [4.69, 9.17) is 4.74 Å². The predicted octanol–water partition coefficient (Wildman–Crippen LogP) is 3.80. The van der Waals surface area contributed by atoms with Crippen LogP contribution in [-0.2, 0) is 16.4 Å². The van der Waals surface area contributed by atoms with Gasteiger partial charge in [-0.1, -0.05) is 48.0 Å². The van der Waals surface area contributed by atoms with E-state index in [1.54, 1.807) is 4.31 Å². The predicted molar refractivity (Wildman–Crippen MR) is 105 cm³/mol. The summed E-state index contributed by atoms with van der Waals surface area (Å²) in [5.41, 5.74) is 2.39. The van der Waals surface area contributed by atoms with E-state index in [1.807, 2.05) is 61.5 Å². The van der Waals surface area contributed by atoms with E-state index in [9.17, 15) is 8.42 Å². The smallest absolute Gasteiger partial charge is 0.214 e. The van der Waals surface area contributed by atoms with E-state index in [2.05, 4.69) is 0 Å². The van der Waals surface area contributed by atoms with Crippen LogP contribution in [0, 0.1) is 6.92 Å². The molecular formula is C21H27NO3S. The molecule has 0 atom stereocenters. The number of ether oxygens (including phenoxy) is 1. The Balaban J connectivity index is 1.44. The highest BCUT2D eigenvalue weighted by molar-refractivity contribution is 7.89. The molecule has 1 saturated heterocycles. The van der Waals surface area contributed by atoms with Gasteiger partial charge in [0.25, 0.3) is 0 Å². The van der Waals surface area contributed by atoms with Gasteiger partial charge in [-0.25, -0.2) is 12.7 Å². The number of aryl methyl sites for hydroxylation is 2. The lowest BCUT2D eigenvalue weighted by Crippen LogP contribution is -2.42. The molecule has 1 heterocycles. The Morgan fingerprint density at radius 2 is 1.65 bits per heavy atom. The van der Waals surface area contributed by atoms with Crippen LogP contribution in [0.3, 0.4) is 0 Å². The van der Waals surface area contributed by atoms with E-state index < -0.39 is 10.0 Å². The van der Waals surface area contributed by atoms with Gasteiger partial charge in [0.1, 0.15) is 11.9 Å². The van der Waals surface area contributed by atoms with Gasteiger partial charge in [-0.3, -0.25) is 0 Å². The molecule has 0 amide bonds. The first-order valence-electron chi connectivity index (χ1n) is 9.28. The van der Waals surface area contributed by atoms with Gasteiger partial charge in [0.2, 0.25) is 10.0 Å².